The molecule has 0 saturated carbocycles. The number of nitrogens with one attached hydrogen (secondary N) is 1. The van der Waals surface area contributed by atoms with E-state index in [1.165, 1.54) is 24.2 Å². The Labute approximate surface area is 102 Å². The van der Waals surface area contributed by atoms with Crippen LogP contribution in [0, 0.1) is 0 Å². The second-order valence-corrected chi connectivity index (χ2v) is 5.07. The summed E-state index contributed by atoms with van der Waals surface area (Å²) in [5.74, 6) is 1.21. The van der Waals surface area contributed by atoms with E-state index in [0.717, 1.165) is 12.1 Å². The van der Waals surface area contributed by atoms with Gasteiger partial charge in [0.25, 0.3) is 0 Å². The standard InChI is InChI=1S/C14H19N3/c1-10(2)17-13-8-4-3-6-11(13)16-14(17)12-7-5-9-15-12/h3-4,6,8,10,12,15H,5,7,9H2,1-2H3/t12-/m0/s1. The Morgan fingerprint density at radius 2 is 2.18 bits per heavy atom. The number of fused-ring (bicyclic) bond motifs is 1. The smallest absolute Gasteiger partial charge is 0.127 e. The van der Waals surface area contributed by atoms with E-state index in [9.17, 15) is 0 Å². The molecule has 1 aliphatic rings. The fourth-order valence-corrected chi connectivity index (χ4v) is 2.76. The van der Waals surface area contributed by atoms with Gasteiger partial charge in [-0.1, -0.05) is 12.1 Å². The van der Waals surface area contributed by atoms with E-state index in [-0.39, 0.29) is 0 Å². The highest BCUT2D eigenvalue weighted by Gasteiger charge is 2.23. The molecule has 1 fully saturated rings. The average molecular weight is 229 g/mol. The number of hydrogen-bond acceptors (Lipinski definition) is 2. The van der Waals surface area contributed by atoms with Crippen molar-refractivity contribution in [1.82, 2.24) is 14.9 Å². The summed E-state index contributed by atoms with van der Waals surface area (Å²) in [6, 6.07) is 9.32. The summed E-state index contributed by atoms with van der Waals surface area (Å²) in [5.41, 5.74) is 2.37. The highest BCUT2D eigenvalue weighted by atomic mass is 15.1. The van der Waals surface area contributed by atoms with Crippen LogP contribution >= 0.6 is 0 Å². The van der Waals surface area contributed by atoms with Gasteiger partial charge in [0, 0.05) is 6.04 Å². The molecule has 17 heavy (non-hydrogen) atoms. The average Bonchev–Trinajstić information content (AvgIpc) is 2.95. The highest BCUT2D eigenvalue weighted by molar-refractivity contribution is 5.76. The third kappa shape index (κ3) is 1.75. The molecule has 1 saturated heterocycles. The Hall–Kier alpha value is -1.35. The van der Waals surface area contributed by atoms with Gasteiger partial charge in [0.1, 0.15) is 5.82 Å². The van der Waals surface area contributed by atoms with E-state index in [4.69, 9.17) is 4.98 Å². The molecule has 0 unspecified atom stereocenters. The molecule has 3 heteroatoms. The van der Waals surface area contributed by atoms with E-state index in [1.807, 2.05) is 0 Å². The SMILES string of the molecule is CC(C)n1c([C@@H]2CCCN2)nc2ccccc21. The first-order chi connectivity index (χ1) is 8.27. The molecule has 0 amide bonds. The Kier molecular flexibility index (Phi) is 2.63. The zero-order chi connectivity index (χ0) is 11.8. The predicted octanol–water partition coefficient (Wildman–Crippen LogP) is 3.04. The number of nitrogens with zero attached hydrogens (tertiary/aromatic N) is 2. The van der Waals surface area contributed by atoms with Crippen LogP contribution in [0.1, 0.15) is 44.6 Å². The molecule has 0 spiro atoms. The monoisotopic (exact) mass is 229 g/mol. The molecular weight excluding hydrogens is 210 g/mol. The van der Waals surface area contributed by atoms with Crippen molar-refractivity contribution < 1.29 is 0 Å². The van der Waals surface area contributed by atoms with Crippen LogP contribution < -0.4 is 5.32 Å². The molecule has 3 rings (SSSR count). The fourth-order valence-electron chi connectivity index (χ4n) is 2.76. The van der Waals surface area contributed by atoms with Crippen LogP contribution in [0.5, 0.6) is 0 Å². The third-order valence-electron chi connectivity index (χ3n) is 3.51. The lowest BCUT2D eigenvalue weighted by Crippen LogP contribution is -2.19. The first-order valence-corrected chi connectivity index (χ1v) is 6.47. The van der Waals surface area contributed by atoms with Crippen LogP contribution in [-0.2, 0) is 0 Å². The van der Waals surface area contributed by atoms with Gasteiger partial charge in [-0.05, 0) is 45.4 Å². The normalized spacial score (nSPS) is 20.5. The topological polar surface area (TPSA) is 29.9 Å². The minimum atomic E-state index is 0.435. The van der Waals surface area contributed by atoms with Crippen LogP contribution in [0.3, 0.4) is 0 Å². The number of benzene rings is 1. The van der Waals surface area contributed by atoms with Gasteiger partial charge < -0.3 is 9.88 Å². The maximum absolute atomic E-state index is 4.82. The molecule has 0 aliphatic carbocycles. The summed E-state index contributed by atoms with van der Waals surface area (Å²) in [6.45, 7) is 5.57. The van der Waals surface area contributed by atoms with Gasteiger partial charge in [-0.2, -0.15) is 0 Å². The van der Waals surface area contributed by atoms with Crippen LogP contribution in [0.2, 0.25) is 0 Å². The lowest BCUT2D eigenvalue weighted by molar-refractivity contribution is 0.517. The van der Waals surface area contributed by atoms with E-state index in [2.05, 4.69) is 48.0 Å². The van der Waals surface area contributed by atoms with Crippen molar-refractivity contribution in [2.24, 2.45) is 0 Å². The van der Waals surface area contributed by atoms with Gasteiger partial charge in [-0.3, -0.25) is 0 Å². The predicted molar refractivity (Wildman–Crippen MR) is 70.1 cm³/mol. The Bertz CT molecular complexity index is 521. The molecule has 1 N–H and O–H groups in total. The Morgan fingerprint density at radius 3 is 2.88 bits per heavy atom. The van der Waals surface area contributed by atoms with Gasteiger partial charge in [-0.15, -0.1) is 0 Å². The molecule has 1 atom stereocenters. The molecular formula is C14H19N3. The molecule has 90 valence electrons. The third-order valence-corrected chi connectivity index (χ3v) is 3.51. The van der Waals surface area contributed by atoms with Gasteiger partial charge in [0.05, 0.1) is 17.1 Å². The van der Waals surface area contributed by atoms with Gasteiger partial charge >= 0.3 is 0 Å². The van der Waals surface area contributed by atoms with Crippen LogP contribution in [0.15, 0.2) is 24.3 Å². The molecule has 2 heterocycles. The summed E-state index contributed by atoms with van der Waals surface area (Å²) in [7, 11) is 0. The van der Waals surface area contributed by atoms with E-state index in [1.54, 1.807) is 0 Å². The molecule has 0 radical (unpaired) electrons. The Morgan fingerprint density at radius 1 is 1.35 bits per heavy atom. The summed E-state index contributed by atoms with van der Waals surface area (Å²) < 4.78 is 2.37. The number of hydrogen-bond donors (Lipinski definition) is 1. The maximum atomic E-state index is 4.82. The van der Waals surface area contributed by atoms with Crippen molar-refractivity contribution in [3.05, 3.63) is 30.1 Å². The summed E-state index contributed by atoms with van der Waals surface area (Å²) in [5, 5.41) is 3.55. The largest absolute Gasteiger partial charge is 0.324 e. The van der Waals surface area contributed by atoms with E-state index in [0.29, 0.717) is 12.1 Å². The molecule has 1 aromatic carbocycles. The number of para-hydroxylation sites is 2. The molecule has 0 bridgehead atoms. The van der Waals surface area contributed by atoms with Gasteiger partial charge in [0.15, 0.2) is 0 Å². The van der Waals surface area contributed by atoms with Gasteiger partial charge in [0.2, 0.25) is 0 Å². The summed E-state index contributed by atoms with van der Waals surface area (Å²) in [4.78, 5) is 4.82. The van der Waals surface area contributed by atoms with Crippen molar-refractivity contribution >= 4 is 11.0 Å². The Balaban J connectivity index is 2.18. The van der Waals surface area contributed by atoms with Crippen molar-refractivity contribution in [3.63, 3.8) is 0 Å². The van der Waals surface area contributed by atoms with Crippen LogP contribution in [0.25, 0.3) is 11.0 Å². The molecule has 1 aliphatic heterocycles. The maximum Gasteiger partial charge on any atom is 0.127 e. The fraction of sp³-hybridized carbons (Fsp3) is 0.500. The number of imidazole rings is 1. The summed E-state index contributed by atoms with van der Waals surface area (Å²) in [6.07, 6.45) is 2.46. The lowest BCUT2D eigenvalue weighted by Gasteiger charge is -2.17. The van der Waals surface area contributed by atoms with Crippen molar-refractivity contribution in [1.29, 1.82) is 0 Å². The molecule has 3 nitrogen and oxygen atoms in total. The summed E-state index contributed by atoms with van der Waals surface area (Å²) >= 11 is 0. The van der Waals surface area contributed by atoms with Crippen molar-refractivity contribution in [2.45, 2.75) is 38.8 Å². The molecule has 2 aromatic rings. The van der Waals surface area contributed by atoms with E-state index < -0.39 is 0 Å². The minimum absolute atomic E-state index is 0.435. The second-order valence-electron chi connectivity index (χ2n) is 5.07. The van der Waals surface area contributed by atoms with Crippen LogP contribution in [-0.4, -0.2) is 16.1 Å². The first kappa shape index (κ1) is 10.8. The highest BCUT2D eigenvalue weighted by Crippen LogP contribution is 2.28. The minimum Gasteiger partial charge on any atom is -0.324 e. The van der Waals surface area contributed by atoms with Crippen molar-refractivity contribution in [2.75, 3.05) is 6.54 Å². The zero-order valence-electron chi connectivity index (χ0n) is 10.5. The number of rotatable bonds is 2. The second kappa shape index (κ2) is 4.15. The zero-order valence-corrected chi connectivity index (χ0v) is 10.5. The lowest BCUT2D eigenvalue weighted by atomic mass is 10.2. The quantitative estimate of drug-likeness (QED) is 0.857. The van der Waals surface area contributed by atoms with Crippen LogP contribution in [0.4, 0.5) is 0 Å². The molecule has 1 aromatic heterocycles. The number of aromatic nitrogens is 2. The van der Waals surface area contributed by atoms with E-state index >= 15 is 0 Å². The first-order valence-electron chi connectivity index (χ1n) is 6.47. The van der Waals surface area contributed by atoms with Crippen molar-refractivity contribution in [3.8, 4) is 0 Å². The van der Waals surface area contributed by atoms with Gasteiger partial charge in [-0.25, -0.2) is 4.98 Å².